The Balaban J connectivity index is 1.83. The molecule has 0 amide bonds. The maximum absolute atomic E-state index is 11.8. The molecule has 3 aliphatic rings. The van der Waals surface area contributed by atoms with Gasteiger partial charge in [-0.3, -0.25) is 4.90 Å². The van der Waals surface area contributed by atoms with Crippen molar-refractivity contribution in [3.8, 4) is 0 Å². The molecule has 0 radical (unpaired) electrons. The van der Waals surface area contributed by atoms with Crippen LogP contribution in [0.1, 0.15) is 25.7 Å². The first kappa shape index (κ1) is 12.8. The first-order chi connectivity index (χ1) is 8.40. The van der Waals surface area contributed by atoms with Crippen LogP contribution >= 0.6 is 0 Å². The Morgan fingerprint density at radius 1 is 1.33 bits per heavy atom. The number of aliphatic hydroxyl groups is 1. The number of β-amino-alcohol motifs (C(OH)–C–C–N with tert-alkyl or cyclic N) is 1. The van der Waals surface area contributed by atoms with Crippen molar-refractivity contribution in [1.82, 2.24) is 4.90 Å². The van der Waals surface area contributed by atoms with E-state index >= 15 is 0 Å². The average Bonchev–Trinajstić information content (AvgIpc) is 3.00. The van der Waals surface area contributed by atoms with E-state index in [1.165, 1.54) is 12.8 Å². The van der Waals surface area contributed by atoms with Gasteiger partial charge < -0.3 is 10.8 Å². The Labute approximate surface area is 108 Å². The molecular formula is C12H22N2O3S. The molecule has 104 valence electrons. The molecule has 5 nitrogen and oxygen atoms in total. The number of rotatable bonds is 3. The minimum absolute atomic E-state index is 0.0610. The van der Waals surface area contributed by atoms with E-state index in [0.717, 1.165) is 6.54 Å². The Kier molecular flexibility index (Phi) is 2.79. The normalized spacial score (nSPS) is 44.6. The molecule has 3 N–H and O–H groups in total. The van der Waals surface area contributed by atoms with Gasteiger partial charge in [-0.2, -0.15) is 0 Å². The summed E-state index contributed by atoms with van der Waals surface area (Å²) >= 11 is 0. The molecule has 0 bridgehead atoms. The lowest BCUT2D eigenvalue weighted by atomic mass is 9.70. The van der Waals surface area contributed by atoms with Gasteiger partial charge in [0.05, 0.1) is 17.1 Å². The van der Waals surface area contributed by atoms with Crippen molar-refractivity contribution in [3.05, 3.63) is 0 Å². The molecule has 0 spiro atoms. The Morgan fingerprint density at radius 3 is 2.56 bits per heavy atom. The predicted molar refractivity (Wildman–Crippen MR) is 68.9 cm³/mol. The van der Waals surface area contributed by atoms with Gasteiger partial charge in [0.2, 0.25) is 0 Å². The molecule has 0 aromatic rings. The number of nitrogens with zero attached hydrogens (tertiary/aromatic N) is 1. The summed E-state index contributed by atoms with van der Waals surface area (Å²) in [5.74, 6) is 0.238. The molecule has 2 unspecified atom stereocenters. The third-order valence-corrected chi connectivity index (χ3v) is 6.92. The van der Waals surface area contributed by atoms with Crippen molar-refractivity contribution in [2.24, 2.45) is 11.1 Å². The zero-order valence-electron chi connectivity index (χ0n) is 10.6. The Morgan fingerprint density at radius 2 is 2.06 bits per heavy atom. The van der Waals surface area contributed by atoms with Crippen LogP contribution in [0.15, 0.2) is 0 Å². The van der Waals surface area contributed by atoms with Crippen LogP contribution in [0.4, 0.5) is 0 Å². The summed E-state index contributed by atoms with van der Waals surface area (Å²) in [6.07, 6.45) is 3.60. The molecule has 2 aliphatic heterocycles. The number of nitrogens with two attached hydrogens (primary N) is 1. The minimum Gasteiger partial charge on any atom is -0.388 e. The molecule has 2 saturated heterocycles. The topological polar surface area (TPSA) is 83.6 Å². The summed E-state index contributed by atoms with van der Waals surface area (Å²) < 4.78 is 23.5. The van der Waals surface area contributed by atoms with Crippen LogP contribution in [-0.4, -0.2) is 61.2 Å². The van der Waals surface area contributed by atoms with Crippen molar-refractivity contribution >= 4 is 9.84 Å². The first-order valence-electron chi connectivity index (χ1n) is 6.77. The van der Waals surface area contributed by atoms with Crippen LogP contribution in [0.3, 0.4) is 0 Å². The van der Waals surface area contributed by atoms with E-state index in [1.807, 2.05) is 0 Å². The highest BCUT2D eigenvalue weighted by Gasteiger charge is 2.58. The molecule has 18 heavy (non-hydrogen) atoms. The maximum atomic E-state index is 11.8. The predicted octanol–water partition coefficient (Wildman–Crippen LogP) is -0.651. The lowest BCUT2D eigenvalue weighted by Gasteiger charge is -2.41. The lowest BCUT2D eigenvalue weighted by Crippen LogP contribution is -2.55. The molecule has 3 rings (SSSR count). The molecule has 1 aliphatic carbocycles. The summed E-state index contributed by atoms with van der Waals surface area (Å²) in [6.45, 7) is 1.74. The second-order valence-corrected chi connectivity index (χ2v) is 8.49. The summed E-state index contributed by atoms with van der Waals surface area (Å²) in [6, 6.07) is 0.617. The quantitative estimate of drug-likeness (QED) is 0.714. The van der Waals surface area contributed by atoms with Gasteiger partial charge in [0.25, 0.3) is 0 Å². The molecule has 1 saturated carbocycles. The van der Waals surface area contributed by atoms with Crippen molar-refractivity contribution in [2.75, 3.05) is 31.1 Å². The second-order valence-electron chi connectivity index (χ2n) is 6.31. The highest BCUT2D eigenvalue weighted by Crippen LogP contribution is 2.47. The van der Waals surface area contributed by atoms with E-state index in [4.69, 9.17) is 5.73 Å². The largest absolute Gasteiger partial charge is 0.388 e. The monoisotopic (exact) mass is 274 g/mol. The highest BCUT2D eigenvalue weighted by molar-refractivity contribution is 7.91. The molecule has 2 atom stereocenters. The fourth-order valence-electron chi connectivity index (χ4n) is 3.64. The number of hydrogen-bond donors (Lipinski definition) is 2. The van der Waals surface area contributed by atoms with E-state index in [9.17, 15) is 13.5 Å². The van der Waals surface area contributed by atoms with Crippen LogP contribution in [0.25, 0.3) is 0 Å². The van der Waals surface area contributed by atoms with Crippen LogP contribution in [-0.2, 0) is 9.84 Å². The maximum Gasteiger partial charge on any atom is 0.151 e. The van der Waals surface area contributed by atoms with Gasteiger partial charge in [0.15, 0.2) is 9.84 Å². The molecule has 0 aromatic carbocycles. The van der Waals surface area contributed by atoms with Crippen molar-refractivity contribution in [1.29, 1.82) is 0 Å². The Hall–Kier alpha value is -0.170. The molecule has 2 heterocycles. The zero-order chi connectivity index (χ0) is 13.0. The molecule has 6 heteroatoms. The Bertz CT molecular complexity index is 448. The number of likely N-dealkylation sites (tertiary alicyclic amines) is 1. The van der Waals surface area contributed by atoms with Gasteiger partial charge in [-0.1, -0.05) is 0 Å². The number of hydrogen-bond acceptors (Lipinski definition) is 5. The van der Waals surface area contributed by atoms with E-state index in [1.54, 1.807) is 0 Å². The van der Waals surface area contributed by atoms with Gasteiger partial charge in [-0.05, 0) is 25.7 Å². The van der Waals surface area contributed by atoms with Crippen LogP contribution in [0.5, 0.6) is 0 Å². The van der Waals surface area contributed by atoms with Gasteiger partial charge in [-0.15, -0.1) is 0 Å². The molecule has 0 aromatic heterocycles. The fourth-order valence-corrected chi connectivity index (χ4v) is 5.86. The van der Waals surface area contributed by atoms with Crippen LogP contribution in [0, 0.1) is 5.41 Å². The first-order valence-corrected chi connectivity index (χ1v) is 8.59. The zero-order valence-corrected chi connectivity index (χ0v) is 11.5. The smallest absolute Gasteiger partial charge is 0.151 e. The van der Waals surface area contributed by atoms with Gasteiger partial charge in [0.1, 0.15) is 0 Å². The van der Waals surface area contributed by atoms with Crippen LogP contribution in [0.2, 0.25) is 0 Å². The lowest BCUT2D eigenvalue weighted by molar-refractivity contribution is -0.0586. The van der Waals surface area contributed by atoms with E-state index < -0.39 is 20.9 Å². The van der Waals surface area contributed by atoms with Crippen molar-refractivity contribution in [2.45, 2.75) is 37.3 Å². The SMILES string of the molecule is NCC1(C2(O)CCN(C3CC3)C2)CCS(=O)(=O)C1. The molecular weight excluding hydrogens is 252 g/mol. The van der Waals surface area contributed by atoms with Gasteiger partial charge in [0, 0.05) is 31.1 Å². The standard InChI is InChI=1S/C12H22N2O3S/c13-7-11(4-6-18(16,17)9-11)12(15)3-5-14(8-12)10-1-2-10/h10,15H,1-9,13H2. The van der Waals surface area contributed by atoms with Gasteiger partial charge in [-0.25, -0.2) is 8.42 Å². The van der Waals surface area contributed by atoms with Crippen LogP contribution < -0.4 is 5.73 Å². The van der Waals surface area contributed by atoms with Crippen molar-refractivity contribution in [3.63, 3.8) is 0 Å². The number of sulfone groups is 1. The van der Waals surface area contributed by atoms with E-state index in [0.29, 0.717) is 25.4 Å². The third kappa shape index (κ3) is 1.90. The summed E-state index contributed by atoms with van der Waals surface area (Å²) in [5.41, 5.74) is 4.32. The minimum atomic E-state index is -3.02. The second kappa shape index (κ2) is 3.91. The third-order valence-electron chi connectivity index (χ3n) is 5.11. The molecule has 3 fully saturated rings. The fraction of sp³-hybridized carbons (Fsp3) is 1.00. The summed E-state index contributed by atoms with van der Waals surface area (Å²) in [4.78, 5) is 2.31. The van der Waals surface area contributed by atoms with Gasteiger partial charge >= 0.3 is 0 Å². The summed E-state index contributed by atoms with van der Waals surface area (Å²) in [5, 5.41) is 10.9. The average molecular weight is 274 g/mol. The van der Waals surface area contributed by atoms with Crippen molar-refractivity contribution < 1.29 is 13.5 Å². The van der Waals surface area contributed by atoms with E-state index in [-0.39, 0.29) is 18.1 Å². The highest BCUT2D eigenvalue weighted by atomic mass is 32.2. The van der Waals surface area contributed by atoms with E-state index in [2.05, 4.69) is 4.90 Å². The summed E-state index contributed by atoms with van der Waals surface area (Å²) in [7, 11) is -3.02.